The minimum Gasteiger partial charge on any atom is -0.354 e. The molecule has 4 nitrogen and oxygen atoms in total. The van der Waals surface area contributed by atoms with Crippen molar-refractivity contribution < 1.29 is 4.79 Å². The van der Waals surface area contributed by atoms with Crippen molar-refractivity contribution in [2.75, 3.05) is 19.6 Å². The number of hydrogen-bond donors (Lipinski definition) is 1. The number of carbonyl (C=O) groups excluding carboxylic acids is 1. The second-order valence-electron chi connectivity index (χ2n) is 7.30. The Bertz CT molecular complexity index is 672. The molecule has 4 heteroatoms. The molecule has 26 heavy (non-hydrogen) atoms. The average Bonchev–Trinajstić information content (AvgIpc) is 2.92. The predicted octanol–water partition coefficient (Wildman–Crippen LogP) is 3.69. The van der Waals surface area contributed by atoms with E-state index in [0.717, 1.165) is 19.5 Å². The first-order chi connectivity index (χ1) is 12.7. The molecule has 0 spiro atoms. The zero-order chi connectivity index (χ0) is 18.2. The molecule has 1 saturated heterocycles. The van der Waals surface area contributed by atoms with Crippen LogP contribution in [0.4, 0.5) is 0 Å². The highest BCUT2D eigenvalue weighted by molar-refractivity contribution is 5.76. The molecule has 0 bridgehead atoms. The Labute approximate surface area is 157 Å². The van der Waals surface area contributed by atoms with Gasteiger partial charge >= 0.3 is 0 Å². The molecule has 1 aliphatic heterocycles. The third kappa shape index (κ3) is 5.21. The van der Waals surface area contributed by atoms with E-state index in [1.165, 1.54) is 36.9 Å². The number of nitrogens with one attached hydrogen (secondary N) is 1. The minimum atomic E-state index is 0.142. The molecule has 2 aromatic rings. The van der Waals surface area contributed by atoms with Crippen LogP contribution >= 0.6 is 0 Å². The summed E-state index contributed by atoms with van der Waals surface area (Å²) in [5.74, 6) is 0.142. The van der Waals surface area contributed by atoms with Crippen molar-refractivity contribution in [3.63, 3.8) is 0 Å². The van der Waals surface area contributed by atoms with Gasteiger partial charge in [0, 0.05) is 31.9 Å². The summed E-state index contributed by atoms with van der Waals surface area (Å²) in [5, 5.41) is 3.19. The van der Waals surface area contributed by atoms with Gasteiger partial charge in [-0.2, -0.15) is 0 Å². The molecule has 3 rings (SSSR count). The molecule has 1 atom stereocenters. The third-order valence-corrected chi connectivity index (χ3v) is 5.38. The molecule has 1 unspecified atom stereocenters. The largest absolute Gasteiger partial charge is 0.354 e. The van der Waals surface area contributed by atoms with Crippen molar-refractivity contribution in [2.45, 2.75) is 44.6 Å². The zero-order valence-electron chi connectivity index (χ0n) is 15.9. The van der Waals surface area contributed by atoms with Crippen LogP contribution in [0.3, 0.4) is 0 Å². The zero-order valence-corrected chi connectivity index (χ0v) is 15.9. The molecule has 0 aliphatic carbocycles. The van der Waals surface area contributed by atoms with Crippen molar-refractivity contribution in [1.82, 2.24) is 14.8 Å². The van der Waals surface area contributed by atoms with Crippen LogP contribution in [0.5, 0.6) is 0 Å². The van der Waals surface area contributed by atoms with Gasteiger partial charge in [-0.05, 0) is 50.0 Å². The standard InChI is InChI=1S/C22H31N3O/c1-24-15-9-12-20(24)21(25-16-7-2-3-8-17-25)18-23-22(26)14-13-19-10-5-4-6-11-19/h4-6,9-12,15,21H,2-3,7-8,13-14,16-18H2,1H3,(H,23,26). The number of hydrogen-bond acceptors (Lipinski definition) is 2. The smallest absolute Gasteiger partial charge is 0.220 e. The maximum absolute atomic E-state index is 12.4. The fourth-order valence-electron chi connectivity index (χ4n) is 3.85. The van der Waals surface area contributed by atoms with Crippen molar-refractivity contribution >= 4 is 5.91 Å². The summed E-state index contributed by atoms with van der Waals surface area (Å²) in [4.78, 5) is 14.9. The lowest BCUT2D eigenvalue weighted by molar-refractivity contribution is -0.121. The van der Waals surface area contributed by atoms with Gasteiger partial charge < -0.3 is 9.88 Å². The predicted molar refractivity (Wildman–Crippen MR) is 106 cm³/mol. The van der Waals surface area contributed by atoms with Gasteiger partial charge in [0.15, 0.2) is 0 Å². The molecule has 1 fully saturated rings. The van der Waals surface area contributed by atoms with Crippen LogP contribution in [0.25, 0.3) is 0 Å². The van der Waals surface area contributed by atoms with Gasteiger partial charge in [-0.25, -0.2) is 0 Å². The van der Waals surface area contributed by atoms with E-state index >= 15 is 0 Å². The van der Waals surface area contributed by atoms with E-state index in [2.05, 4.69) is 52.3 Å². The molecule has 140 valence electrons. The number of amides is 1. The normalized spacial score (nSPS) is 16.8. The Hall–Kier alpha value is -2.07. The van der Waals surface area contributed by atoms with E-state index < -0.39 is 0 Å². The number of benzene rings is 1. The highest BCUT2D eigenvalue weighted by Crippen LogP contribution is 2.24. The first-order valence-electron chi connectivity index (χ1n) is 9.90. The molecular formula is C22H31N3O. The molecular weight excluding hydrogens is 322 g/mol. The van der Waals surface area contributed by atoms with Crippen LogP contribution in [0.2, 0.25) is 0 Å². The number of rotatable bonds is 7. The Morgan fingerprint density at radius 1 is 1.04 bits per heavy atom. The lowest BCUT2D eigenvalue weighted by atomic mass is 10.1. The summed E-state index contributed by atoms with van der Waals surface area (Å²) >= 11 is 0. The summed E-state index contributed by atoms with van der Waals surface area (Å²) in [6.45, 7) is 2.93. The highest BCUT2D eigenvalue weighted by Gasteiger charge is 2.23. The monoisotopic (exact) mass is 353 g/mol. The second kappa shape index (κ2) is 9.58. The van der Waals surface area contributed by atoms with Gasteiger partial charge in [-0.15, -0.1) is 0 Å². The molecule has 1 N–H and O–H groups in total. The Morgan fingerprint density at radius 3 is 2.42 bits per heavy atom. The molecule has 0 radical (unpaired) electrons. The minimum absolute atomic E-state index is 0.142. The highest BCUT2D eigenvalue weighted by atomic mass is 16.1. The summed E-state index contributed by atoms with van der Waals surface area (Å²) in [5.41, 5.74) is 2.50. The van der Waals surface area contributed by atoms with Gasteiger partial charge in [0.2, 0.25) is 5.91 Å². The fourth-order valence-corrected chi connectivity index (χ4v) is 3.85. The van der Waals surface area contributed by atoms with Crippen molar-refractivity contribution in [3.05, 3.63) is 59.9 Å². The summed E-state index contributed by atoms with van der Waals surface area (Å²) in [7, 11) is 2.09. The summed E-state index contributed by atoms with van der Waals surface area (Å²) < 4.78 is 2.19. The second-order valence-corrected chi connectivity index (χ2v) is 7.30. The maximum atomic E-state index is 12.4. The van der Waals surface area contributed by atoms with Crippen LogP contribution in [-0.2, 0) is 18.3 Å². The van der Waals surface area contributed by atoms with E-state index in [9.17, 15) is 4.79 Å². The topological polar surface area (TPSA) is 37.3 Å². The van der Waals surface area contributed by atoms with Crippen molar-refractivity contribution in [1.29, 1.82) is 0 Å². The first kappa shape index (κ1) is 18.7. The number of likely N-dealkylation sites (tertiary alicyclic amines) is 1. The lowest BCUT2D eigenvalue weighted by Crippen LogP contribution is -2.39. The molecule has 0 saturated carbocycles. The third-order valence-electron chi connectivity index (χ3n) is 5.38. The Morgan fingerprint density at radius 2 is 1.77 bits per heavy atom. The van der Waals surface area contributed by atoms with Gasteiger partial charge in [-0.3, -0.25) is 9.69 Å². The van der Waals surface area contributed by atoms with Crippen LogP contribution < -0.4 is 5.32 Å². The Kier molecular flexibility index (Phi) is 6.89. The number of aromatic nitrogens is 1. The molecule has 1 aliphatic rings. The lowest BCUT2D eigenvalue weighted by Gasteiger charge is -2.31. The molecule has 1 aromatic carbocycles. The summed E-state index contributed by atoms with van der Waals surface area (Å²) in [6.07, 6.45) is 8.58. The van der Waals surface area contributed by atoms with Gasteiger partial charge in [0.25, 0.3) is 0 Å². The van der Waals surface area contributed by atoms with Crippen molar-refractivity contribution in [3.8, 4) is 0 Å². The molecule has 1 amide bonds. The number of carbonyl (C=O) groups is 1. The van der Waals surface area contributed by atoms with Gasteiger partial charge in [0.1, 0.15) is 0 Å². The van der Waals surface area contributed by atoms with Crippen LogP contribution in [0.1, 0.15) is 49.4 Å². The average molecular weight is 354 g/mol. The van der Waals surface area contributed by atoms with E-state index in [1.54, 1.807) is 0 Å². The summed E-state index contributed by atoms with van der Waals surface area (Å²) in [6, 6.07) is 14.8. The van der Waals surface area contributed by atoms with E-state index in [4.69, 9.17) is 0 Å². The van der Waals surface area contributed by atoms with Crippen molar-refractivity contribution in [2.24, 2.45) is 7.05 Å². The Balaban J connectivity index is 1.58. The van der Waals surface area contributed by atoms with Gasteiger partial charge in [-0.1, -0.05) is 43.2 Å². The SMILES string of the molecule is Cn1cccc1C(CNC(=O)CCc1ccccc1)N1CCCCCC1. The first-order valence-corrected chi connectivity index (χ1v) is 9.90. The quantitative estimate of drug-likeness (QED) is 0.824. The van der Waals surface area contributed by atoms with Gasteiger partial charge in [0.05, 0.1) is 6.04 Å². The van der Waals surface area contributed by atoms with E-state index in [1.807, 2.05) is 18.2 Å². The van der Waals surface area contributed by atoms with Crippen LogP contribution in [0.15, 0.2) is 48.7 Å². The fraction of sp³-hybridized carbons (Fsp3) is 0.500. The number of nitrogens with zero attached hydrogens (tertiary/aromatic N) is 2. The molecule has 2 heterocycles. The van der Waals surface area contributed by atoms with Crippen LogP contribution in [-0.4, -0.2) is 35.0 Å². The van der Waals surface area contributed by atoms with Crippen LogP contribution in [0, 0.1) is 0 Å². The molecule has 1 aromatic heterocycles. The number of aryl methyl sites for hydroxylation is 2. The van der Waals surface area contributed by atoms with E-state index in [-0.39, 0.29) is 11.9 Å². The maximum Gasteiger partial charge on any atom is 0.220 e. The van der Waals surface area contributed by atoms with E-state index in [0.29, 0.717) is 13.0 Å².